The Bertz CT molecular complexity index is 416. The van der Waals surface area contributed by atoms with Crippen molar-refractivity contribution in [3.05, 3.63) is 34.0 Å². The summed E-state index contributed by atoms with van der Waals surface area (Å²) in [5.74, 6) is 0. The molecule has 2 atom stereocenters. The largest absolute Gasteiger partial charge is 0.359 e. The van der Waals surface area contributed by atoms with Crippen LogP contribution in [0.25, 0.3) is 0 Å². The number of ether oxygens (including phenoxy) is 1. The highest BCUT2D eigenvalue weighted by Crippen LogP contribution is 2.42. The first kappa shape index (κ1) is 9.13. The molecule has 2 rings (SSSR count). The predicted molar refractivity (Wildman–Crippen MR) is 51.9 cm³/mol. The molecule has 0 amide bonds. The molecule has 0 aromatic carbocycles. The maximum atomic E-state index is 10.0. The van der Waals surface area contributed by atoms with E-state index >= 15 is 0 Å². The summed E-state index contributed by atoms with van der Waals surface area (Å²) in [5.41, 5.74) is 0.665. The van der Waals surface area contributed by atoms with Gasteiger partial charge in [0.15, 0.2) is 0 Å². The van der Waals surface area contributed by atoms with Crippen molar-refractivity contribution in [2.75, 3.05) is 0 Å². The summed E-state index contributed by atoms with van der Waals surface area (Å²) in [4.78, 5) is 11.1. The maximum absolute atomic E-state index is 10.0. The molecule has 1 saturated heterocycles. The van der Waals surface area contributed by atoms with Crippen LogP contribution >= 0.6 is 11.3 Å². The van der Waals surface area contributed by atoms with Crippen molar-refractivity contribution in [3.63, 3.8) is 0 Å². The molecule has 1 aliphatic heterocycles. The number of carbonyl (C=O) groups is 1. The van der Waals surface area contributed by atoms with Crippen molar-refractivity contribution in [2.45, 2.75) is 12.2 Å². The minimum atomic E-state index is 0.00499. The van der Waals surface area contributed by atoms with Gasteiger partial charge in [0, 0.05) is 10.3 Å². The second-order valence-corrected chi connectivity index (χ2v) is 3.83. The van der Waals surface area contributed by atoms with Crippen molar-refractivity contribution in [3.8, 4) is 6.07 Å². The summed E-state index contributed by atoms with van der Waals surface area (Å²) in [7, 11) is 0. The van der Waals surface area contributed by atoms with Gasteiger partial charge in [0.25, 0.3) is 0 Å². The molecular formula is C10H7NO2S. The summed E-state index contributed by atoms with van der Waals surface area (Å²) in [6.07, 6.45) is 3.93. The van der Waals surface area contributed by atoms with E-state index in [0.29, 0.717) is 5.56 Å². The maximum Gasteiger partial charge on any atom is 0.142 e. The van der Waals surface area contributed by atoms with Crippen molar-refractivity contribution < 1.29 is 9.53 Å². The molecule has 0 N–H and O–H groups in total. The summed E-state index contributed by atoms with van der Waals surface area (Å²) in [6.45, 7) is 0. The lowest BCUT2D eigenvalue weighted by molar-refractivity contribution is -0.104. The number of epoxide rings is 1. The number of hydrogen-bond acceptors (Lipinski definition) is 4. The summed E-state index contributed by atoms with van der Waals surface area (Å²) >= 11 is 1.51. The van der Waals surface area contributed by atoms with Gasteiger partial charge in [0.05, 0.1) is 5.56 Å². The van der Waals surface area contributed by atoms with Gasteiger partial charge in [-0.2, -0.15) is 5.26 Å². The van der Waals surface area contributed by atoms with Crippen LogP contribution in [-0.2, 0) is 9.53 Å². The van der Waals surface area contributed by atoms with Crippen LogP contribution in [0.15, 0.2) is 23.6 Å². The van der Waals surface area contributed by atoms with Crippen LogP contribution in [0.2, 0.25) is 0 Å². The third-order valence-corrected chi connectivity index (χ3v) is 2.93. The topological polar surface area (TPSA) is 53.4 Å². The fourth-order valence-corrected chi connectivity index (χ4v) is 2.12. The molecule has 2 heterocycles. The smallest absolute Gasteiger partial charge is 0.142 e. The number of hydrogen-bond donors (Lipinski definition) is 0. The first-order valence-electron chi connectivity index (χ1n) is 4.11. The second kappa shape index (κ2) is 3.74. The van der Waals surface area contributed by atoms with Crippen molar-refractivity contribution in [1.82, 2.24) is 0 Å². The minimum absolute atomic E-state index is 0.00499. The molecule has 1 fully saturated rings. The number of thiophene rings is 1. The zero-order chi connectivity index (χ0) is 9.97. The van der Waals surface area contributed by atoms with E-state index in [1.54, 1.807) is 11.5 Å². The molecule has 3 nitrogen and oxygen atoms in total. The molecule has 1 aliphatic rings. The number of nitrogens with zero attached hydrogens (tertiary/aromatic N) is 1. The van der Waals surface area contributed by atoms with Gasteiger partial charge in [0.1, 0.15) is 24.6 Å². The van der Waals surface area contributed by atoms with Crippen LogP contribution < -0.4 is 0 Å². The standard InChI is InChI=1S/C10H7NO2S/c11-5-7-4-9(14-6-7)10-8(13-10)2-1-3-12/h1-4,6,8,10H/b2-1+. The normalized spacial score (nSPS) is 24.8. The SMILES string of the molecule is N#Cc1csc(C2OC2/C=C/C=O)c1. The average molecular weight is 205 g/mol. The fraction of sp³-hybridized carbons (Fsp3) is 0.200. The number of carbonyl (C=O) groups excluding carboxylic acids is 1. The van der Waals surface area contributed by atoms with Crippen LogP contribution in [-0.4, -0.2) is 12.4 Å². The summed E-state index contributed by atoms with van der Waals surface area (Å²) < 4.78 is 5.32. The monoisotopic (exact) mass is 205 g/mol. The van der Waals surface area contributed by atoms with Crippen molar-refractivity contribution >= 4 is 17.6 Å². The molecule has 14 heavy (non-hydrogen) atoms. The number of nitriles is 1. The van der Waals surface area contributed by atoms with E-state index in [0.717, 1.165) is 11.2 Å². The van der Waals surface area contributed by atoms with E-state index in [4.69, 9.17) is 10.00 Å². The Morgan fingerprint density at radius 2 is 2.50 bits per heavy atom. The van der Waals surface area contributed by atoms with E-state index in [9.17, 15) is 4.79 Å². The van der Waals surface area contributed by atoms with Gasteiger partial charge in [0.2, 0.25) is 0 Å². The first-order valence-corrected chi connectivity index (χ1v) is 4.99. The Kier molecular flexibility index (Phi) is 2.44. The van der Waals surface area contributed by atoms with E-state index in [2.05, 4.69) is 6.07 Å². The van der Waals surface area contributed by atoms with Gasteiger partial charge in [-0.15, -0.1) is 11.3 Å². The van der Waals surface area contributed by atoms with Gasteiger partial charge in [-0.25, -0.2) is 0 Å². The molecule has 0 aliphatic carbocycles. The Morgan fingerprint density at radius 3 is 3.14 bits per heavy atom. The van der Waals surface area contributed by atoms with Crippen LogP contribution in [0.4, 0.5) is 0 Å². The molecule has 0 spiro atoms. The zero-order valence-corrected chi connectivity index (χ0v) is 8.03. The molecule has 4 heteroatoms. The van der Waals surface area contributed by atoms with E-state index in [1.807, 2.05) is 6.07 Å². The third-order valence-electron chi connectivity index (χ3n) is 1.93. The van der Waals surface area contributed by atoms with Gasteiger partial charge in [-0.05, 0) is 18.2 Å². The molecule has 2 unspecified atom stereocenters. The predicted octanol–water partition coefficient (Wildman–Crippen LogP) is 1.81. The molecule has 0 bridgehead atoms. The molecule has 1 aromatic rings. The quantitative estimate of drug-likeness (QED) is 0.429. The van der Waals surface area contributed by atoms with Crippen LogP contribution in [0.3, 0.4) is 0 Å². The number of rotatable bonds is 3. The zero-order valence-electron chi connectivity index (χ0n) is 7.21. The van der Waals surface area contributed by atoms with Gasteiger partial charge in [-0.1, -0.05) is 0 Å². The lowest BCUT2D eigenvalue weighted by Crippen LogP contribution is -1.80. The summed E-state index contributed by atoms with van der Waals surface area (Å²) in [5, 5.41) is 10.4. The highest BCUT2D eigenvalue weighted by Gasteiger charge is 2.38. The highest BCUT2D eigenvalue weighted by atomic mass is 32.1. The average Bonchev–Trinajstić information content (AvgIpc) is 2.82. The number of aldehydes is 1. The molecule has 70 valence electrons. The van der Waals surface area contributed by atoms with E-state index in [1.165, 1.54) is 17.4 Å². The van der Waals surface area contributed by atoms with Crippen molar-refractivity contribution in [1.29, 1.82) is 5.26 Å². The Labute approximate surface area is 85.2 Å². The van der Waals surface area contributed by atoms with Crippen LogP contribution in [0, 0.1) is 11.3 Å². The summed E-state index contributed by atoms with van der Waals surface area (Å²) in [6, 6.07) is 3.89. The van der Waals surface area contributed by atoms with Gasteiger partial charge in [-0.3, -0.25) is 4.79 Å². The lowest BCUT2D eigenvalue weighted by atomic mass is 10.2. The number of allylic oxidation sites excluding steroid dienone is 1. The lowest BCUT2D eigenvalue weighted by Gasteiger charge is -1.82. The second-order valence-electron chi connectivity index (χ2n) is 2.89. The highest BCUT2D eigenvalue weighted by molar-refractivity contribution is 7.10. The van der Waals surface area contributed by atoms with E-state index < -0.39 is 0 Å². The van der Waals surface area contributed by atoms with Gasteiger partial charge >= 0.3 is 0 Å². The Hall–Kier alpha value is -1.44. The molecule has 1 aromatic heterocycles. The Morgan fingerprint density at radius 1 is 1.64 bits per heavy atom. The first-order chi connectivity index (χ1) is 6.85. The molecule has 0 saturated carbocycles. The third kappa shape index (κ3) is 1.74. The van der Waals surface area contributed by atoms with Crippen LogP contribution in [0.1, 0.15) is 16.5 Å². The van der Waals surface area contributed by atoms with Crippen molar-refractivity contribution in [2.24, 2.45) is 0 Å². The molecular weight excluding hydrogens is 198 g/mol. The van der Waals surface area contributed by atoms with E-state index in [-0.39, 0.29) is 12.2 Å². The molecule has 0 radical (unpaired) electrons. The minimum Gasteiger partial charge on any atom is -0.359 e. The van der Waals surface area contributed by atoms with Crippen LogP contribution in [0.5, 0.6) is 0 Å². The Balaban J connectivity index is 2.03. The van der Waals surface area contributed by atoms with Gasteiger partial charge < -0.3 is 4.74 Å². The fourth-order valence-electron chi connectivity index (χ4n) is 1.21.